The highest BCUT2D eigenvalue weighted by molar-refractivity contribution is 6.00. The maximum absolute atomic E-state index is 8.49. The number of ether oxygens (including phenoxy) is 3. The first-order valence-electron chi connectivity index (χ1n) is 19.4. The Morgan fingerprint density at radius 2 is 0.723 bits per heavy atom. The third kappa shape index (κ3) is 16.4. The molecule has 0 N–H and O–H groups in total. The number of para-hydroxylation sites is 4. The van der Waals surface area contributed by atoms with E-state index in [9.17, 15) is 0 Å². The first-order valence-corrected chi connectivity index (χ1v) is 21.9. The van der Waals surface area contributed by atoms with Gasteiger partial charge in [-0.05, 0) is 72.8 Å². The summed E-state index contributed by atoms with van der Waals surface area (Å²) in [5.74, 6) is 2.72. The summed E-state index contributed by atoms with van der Waals surface area (Å²) in [6, 6.07) is 56.0. The Morgan fingerprint density at radius 1 is 0.415 bits per heavy atom. The van der Waals surface area contributed by atoms with E-state index in [4.69, 9.17) is 71.9 Å². The largest absolute Gasteiger partial charge is 0.491 e. The summed E-state index contributed by atoms with van der Waals surface area (Å²) >= 11 is 0. The molecule has 0 amide bonds. The third-order valence-electron chi connectivity index (χ3n) is 8.83. The van der Waals surface area contributed by atoms with Crippen molar-refractivity contribution in [3.8, 4) is 11.5 Å². The van der Waals surface area contributed by atoms with E-state index in [0.717, 1.165) is 45.4 Å². The van der Waals surface area contributed by atoms with Crippen LogP contribution in [0.15, 0.2) is 190 Å². The van der Waals surface area contributed by atoms with E-state index in [1.165, 1.54) is 0 Å². The number of hydrogen-bond acceptors (Lipinski definition) is 17. The molecule has 6 aromatic carbocycles. The number of azo groups is 4. The fraction of sp³-hybridized carbons (Fsp3) is 0.136. The number of rotatable bonds is 14. The molecule has 65 heavy (non-hydrogen) atoms. The summed E-state index contributed by atoms with van der Waals surface area (Å²) in [4.78, 5) is 0. The van der Waals surface area contributed by atoms with E-state index in [-0.39, 0.29) is 0 Å². The summed E-state index contributed by atoms with van der Waals surface area (Å²) in [7, 11) is -9.89. The zero-order chi connectivity index (χ0) is 46.1. The zero-order valence-electron chi connectivity index (χ0n) is 34.2. The molecule has 0 fully saturated rings. The number of hydrogen-bond donors (Lipinski definition) is 0. The molecule has 0 atom stereocenters. The Hall–Kier alpha value is -6.72. The van der Waals surface area contributed by atoms with Crippen molar-refractivity contribution in [3.63, 3.8) is 0 Å². The third-order valence-corrected chi connectivity index (χ3v) is 8.83. The van der Waals surface area contributed by atoms with Crippen molar-refractivity contribution >= 4 is 34.4 Å². The molecule has 2 aliphatic heterocycles. The molecule has 21 heteroatoms. The van der Waals surface area contributed by atoms with Crippen LogP contribution in [-0.2, 0) is 4.74 Å². The fourth-order valence-corrected chi connectivity index (χ4v) is 6.01. The van der Waals surface area contributed by atoms with Crippen LogP contribution in [0, 0.1) is 20.5 Å². The number of hydrazone groups is 2. The van der Waals surface area contributed by atoms with Gasteiger partial charge in [-0.1, -0.05) is 82.2 Å². The van der Waals surface area contributed by atoms with Crippen molar-refractivity contribution in [2.45, 2.75) is 0 Å². The Labute approximate surface area is 377 Å². The van der Waals surface area contributed by atoms with Crippen LogP contribution >= 0.6 is 0 Å². The summed E-state index contributed by atoms with van der Waals surface area (Å²) in [5.41, 5.74) is 5.75. The molecule has 0 unspecified atom stereocenters. The van der Waals surface area contributed by atoms with Gasteiger partial charge in [0.1, 0.15) is 24.7 Å². The lowest BCUT2D eigenvalue weighted by Gasteiger charge is -2.20. The van der Waals surface area contributed by atoms with Crippen LogP contribution in [0.3, 0.4) is 0 Å². The fourth-order valence-electron chi connectivity index (χ4n) is 6.01. The van der Waals surface area contributed by atoms with Crippen LogP contribution in [0.5, 0.6) is 11.5 Å². The van der Waals surface area contributed by atoms with Crippen LogP contribution in [0.2, 0.25) is 0 Å². The highest BCUT2D eigenvalue weighted by Gasteiger charge is 2.27. The molecule has 0 spiro atoms. The molecule has 2 aliphatic rings. The molecule has 0 aromatic heterocycles. The normalized spacial score (nSPS) is 13.7. The minimum atomic E-state index is -4.94. The zero-order valence-corrected chi connectivity index (χ0v) is 35.7. The summed E-state index contributed by atoms with van der Waals surface area (Å²) < 4.78 is 89.6. The van der Waals surface area contributed by atoms with E-state index < -0.39 is 20.5 Å². The quantitative estimate of drug-likeness (QED) is 0.0988. The average molecular weight is 928 g/mol. The Balaban J connectivity index is 0.000000633. The molecule has 336 valence electrons. The molecular weight excluding hydrogens is 887 g/mol. The number of amidine groups is 2. The van der Waals surface area contributed by atoms with E-state index in [0.29, 0.717) is 51.4 Å². The second-order valence-corrected chi connectivity index (χ2v) is 14.9. The van der Waals surface area contributed by atoms with Crippen molar-refractivity contribution in [1.29, 1.82) is 0 Å². The Bertz CT molecular complexity index is 2330. The molecule has 19 nitrogen and oxygen atoms in total. The van der Waals surface area contributed by atoms with Crippen LogP contribution in [0.25, 0.3) is 0 Å². The molecule has 0 radical (unpaired) electrons. The standard InChI is InChI=1S/C44H40N8O3.2ClHO4/c1-5-13-37(14-6-1)49-33-50(38-15-7-2-8-16-38)46-43(45-49)35-21-25-41(26-22-35)54-31-29-53-30-32-55-42-27-23-36(24-28-42)44-47-51(39-17-9-3-10-18-39)34-52(48-44)40-19-11-4-12-20-40;2*2-1(3,4)5/h1-28H,29-34H2;2*(H,2,3,4,5)/q+2;;/p-2. The Kier molecular flexibility index (Phi) is 17.1. The van der Waals surface area contributed by atoms with Crippen LogP contribution in [0.1, 0.15) is 11.1 Å². The van der Waals surface area contributed by atoms with E-state index in [2.05, 4.69) is 0 Å². The van der Waals surface area contributed by atoms with Gasteiger partial charge in [0.2, 0.25) is 23.0 Å². The average Bonchev–Trinajstić information content (AvgIpc) is 3.31. The number of benzene rings is 6. The molecule has 6 aromatic rings. The minimum Gasteiger partial charge on any atom is -0.491 e. The molecule has 0 bridgehead atoms. The van der Waals surface area contributed by atoms with Crippen molar-refractivity contribution in [2.75, 3.05) is 49.8 Å². The Morgan fingerprint density at radius 3 is 1.05 bits per heavy atom. The van der Waals surface area contributed by atoms with Crippen LogP contribution < -0.4 is 56.8 Å². The smallest absolute Gasteiger partial charge is 0.269 e. The summed E-state index contributed by atoms with van der Waals surface area (Å²) in [5, 5.41) is 23.4. The molecule has 0 saturated heterocycles. The first kappa shape index (κ1) is 47.8. The molecular formula is C44H40Cl2N8O11. The molecule has 2 heterocycles. The number of halogens is 2. The maximum Gasteiger partial charge on any atom is 0.269 e. The summed E-state index contributed by atoms with van der Waals surface area (Å²) in [6.07, 6.45) is 0. The molecule has 0 saturated carbocycles. The molecule has 8 rings (SSSR count). The van der Waals surface area contributed by atoms with Crippen molar-refractivity contribution in [2.24, 2.45) is 20.4 Å². The second-order valence-electron chi connectivity index (χ2n) is 13.4. The highest BCUT2D eigenvalue weighted by atomic mass is 35.7. The SMILES string of the molecule is [O-][Cl+3]([O-])([O-])[O-].[O-][Cl+3]([O-])([O-])[O-].c1ccc(N2C[N+](c3ccccc3)=NC(c3ccc(OCCOCCOc4ccc(C5=NN(c6ccccc6)C[N+](c6ccccc6)=N5)cc4)cc3)=N2)cc1. The predicted molar refractivity (Wildman–Crippen MR) is 213 cm³/mol. The van der Waals surface area contributed by atoms with Crippen LogP contribution in [-0.4, -0.2) is 60.8 Å². The monoisotopic (exact) mass is 926 g/mol. The van der Waals surface area contributed by atoms with Gasteiger partial charge in [0, 0.05) is 45.6 Å². The lowest BCUT2D eigenvalue weighted by Crippen LogP contribution is -2.68. The predicted octanol–water partition coefficient (Wildman–Crippen LogP) is -0.480. The lowest BCUT2D eigenvalue weighted by atomic mass is 10.2. The van der Waals surface area contributed by atoms with Crippen molar-refractivity contribution in [3.05, 3.63) is 181 Å². The van der Waals surface area contributed by atoms with Gasteiger partial charge in [-0.3, -0.25) is 0 Å². The van der Waals surface area contributed by atoms with Gasteiger partial charge in [-0.15, -0.1) is 30.7 Å². The van der Waals surface area contributed by atoms with E-state index >= 15 is 0 Å². The van der Waals surface area contributed by atoms with Gasteiger partial charge in [0.15, 0.2) is 0 Å². The molecule has 0 aliphatic carbocycles. The minimum absolute atomic E-state index is 0.411. The first-order chi connectivity index (χ1) is 31.2. The van der Waals surface area contributed by atoms with Gasteiger partial charge >= 0.3 is 0 Å². The maximum atomic E-state index is 8.49. The summed E-state index contributed by atoms with van der Waals surface area (Å²) in [6.45, 7) is 2.70. The van der Waals surface area contributed by atoms with Gasteiger partial charge in [0.25, 0.3) is 13.3 Å². The topological polar surface area (TPSA) is 274 Å². The number of anilines is 2. The van der Waals surface area contributed by atoms with Gasteiger partial charge in [0.05, 0.1) is 24.6 Å². The van der Waals surface area contributed by atoms with Gasteiger partial charge in [-0.25, -0.2) is 47.3 Å². The number of nitrogens with zero attached hydrogens (tertiary/aromatic N) is 8. The van der Waals surface area contributed by atoms with E-state index in [1.54, 1.807) is 0 Å². The van der Waals surface area contributed by atoms with Crippen molar-refractivity contribution < 1.29 is 81.4 Å². The highest BCUT2D eigenvalue weighted by Crippen LogP contribution is 2.25. The lowest BCUT2D eigenvalue weighted by molar-refractivity contribution is -2.00. The van der Waals surface area contributed by atoms with Gasteiger partial charge < -0.3 is 14.2 Å². The van der Waals surface area contributed by atoms with E-state index in [1.807, 2.05) is 189 Å². The second kappa shape index (κ2) is 23.3. The van der Waals surface area contributed by atoms with Crippen LogP contribution in [0.4, 0.5) is 22.7 Å². The van der Waals surface area contributed by atoms with Crippen molar-refractivity contribution in [1.82, 2.24) is 0 Å². The van der Waals surface area contributed by atoms with Gasteiger partial charge in [-0.2, -0.15) is 0 Å².